The fraction of sp³-hybridized carbons (Fsp3) is 0.375. The zero-order valence-electron chi connectivity index (χ0n) is 19.5. The van der Waals surface area contributed by atoms with Gasteiger partial charge in [0.05, 0.1) is 14.2 Å². The summed E-state index contributed by atoms with van der Waals surface area (Å²) in [5, 5.41) is 0.345. The van der Waals surface area contributed by atoms with Crippen molar-refractivity contribution in [2.75, 3.05) is 51.0 Å². The molecule has 34 heavy (non-hydrogen) atoms. The van der Waals surface area contributed by atoms with Crippen LogP contribution in [-0.4, -0.2) is 61.2 Å². The Bertz CT molecular complexity index is 1200. The van der Waals surface area contributed by atoms with Crippen molar-refractivity contribution in [1.82, 2.24) is 14.9 Å². The van der Waals surface area contributed by atoms with Crippen LogP contribution < -0.4 is 25.8 Å². The number of carbonyl (C=O) groups excluding carboxylic acids is 1. The number of aryl methyl sites for hydroxylation is 1. The number of rotatable bonds is 6. The first-order valence-corrected chi connectivity index (χ1v) is 11.0. The third-order valence-corrected chi connectivity index (χ3v) is 6.11. The number of aromatic nitrogens is 2. The van der Waals surface area contributed by atoms with E-state index in [9.17, 15) is 4.79 Å². The second-order valence-corrected chi connectivity index (χ2v) is 8.32. The average molecular weight is 469 g/mol. The number of piperazine rings is 1. The number of halogens is 1. The number of nitrogens with two attached hydrogens (primary N) is 2. The van der Waals surface area contributed by atoms with Gasteiger partial charge in [-0.1, -0.05) is 29.8 Å². The van der Waals surface area contributed by atoms with Gasteiger partial charge in [0.1, 0.15) is 11.3 Å². The van der Waals surface area contributed by atoms with Gasteiger partial charge >= 0.3 is 0 Å². The van der Waals surface area contributed by atoms with Crippen molar-refractivity contribution in [1.29, 1.82) is 0 Å². The van der Waals surface area contributed by atoms with Gasteiger partial charge in [0.15, 0.2) is 17.3 Å². The molecular formula is C24H29FN6O3. The smallest absolute Gasteiger partial charge is 0.228 e. The number of nitrogens with zero attached hydrogens (tertiary/aromatic N) is 4. The topological polar surface area (TPSA) is 120 Å². The van der Waals surface area contributed by atoms with E-state index in [4.69, 9.17) is 20.9 Å². The van der Waals surface area contributed by atoms with E-state index in [1.165, 1.54) is 14.2 Å². The minimum atomic E-state index is -0.661. The predicted octanol–water partition coefficient (Wildman–Crippen LogP) is 2.42. The number of methoxy groups -OCH3 is 2. The van der Waals surface area contributed by atoms with E-state index in [-0.39, 0.29) is 41.2 Å². The Kier molecular flexibility index (Phi) is 6.69. The first-order chi connectivity index (χ1) is 16.3. The van der Waals surface area contributed by atoms with Crippen LogP contribution in [0.15, 0.2) is 30.3 Å². The Morgan fingerprint density at radius 3 is 2.41 bits per heavy atom. The number of ether oxygens (including phenoxy) is 2. The predicted molar refractivity (Wildman–Crippen MR) is 129 cm³/mol. The van der Waals surface area contributed by atoms with Gasteiger partial charge in [-0.25, -0.2) is 9.37 Å². The van der Waals surface area contributed by atoms with Crippen LogP contribution in [-0.2, 0) is 4.79 Å². The van der Waals surface area contributed by atoms with E-state index in [1.807, 2.05) is 36.1 Å². The Balaban J connectivity index is 1.46. The summed E-state index contributed by atoms with van der Waals surface area (Å²) >= 11 is 0. The molecule has 9 nitrogen and oxygen atoms in total. The zero-order valence-corrected chi connectivity index (χ0v) is 19.5. The molecule has 0 spiro atoms. The van der Waals surface area contributed by atoms with Crippen LogP contribution in [0.25, 0.3) is 10.9 Å². The molecule has 3 aromatic rings. The highest BCUT2D eigenvalue weighted by atomic mass is 19.1. The lowest BCUT2D eigenvalue weighted by Gasteiger charge is -2.35. The normalized spacial score (nSPS) is 14.9. The molecule has 4 N–H and O–H groups in total. The maximum atomic E-state index is 15.1. The Morgan fingerprint density at radius 1 is 1.12 bits per heavy atom. The number of anilines is 2. The van der Waals surface area contributed by atoms with Gasteiger partial charge in [-0.2, -0.15) is 4.98 Å². The first kappa shape index (κ1) is 23.5. The second kappa shape index (κ2) is 9.68. The van der Waals surface area contributed by atoms with Crippen LogP contribution in [0.3, 0.4) is 0 Å². The highest BCUT2D eigenvalue weighted by Crippen LogP contribution is 2.37. The number of hydrogen-bond acceptors (Lipinski definition) is 8. The van der Waals surface area contributed by atoms with Crippen molar-refractivity contribution >= 4 is 28.6 Å². The van der Waals surface area contributed by atoms with Crippen LogP contribution in [0.5, 0.6) is 11.5 Å². The fourth-order valence-electron chi connectivity index (χ4n) is 4.08. The molecule has 10 heteroatoms. The van der Waals surface area contributed by atoms with Crippen molar-refractivity contribution in [2.45, 2.75) is 19.4 Å². The van der Waals surface area contributed by atoms with Gasteiger partial charge < -0.3 is 30.7 Å². The monoisotopic (exact) mass is 468 g/mol. The molecule has 1 aliphatic heterocycles. The number of carbonyl (C=O) groups is 1. The number of fused-ring (bicyclic) bond motifs is 1. The SMILES string of the molecule is COc1cc2c(N)nc(N3CCN(C(=O)C[C@@H](N)c4ccc(C)cc4)CC3)nc2c(F)c1OC. The summed E-state index contributed by atoms with van der Waals surface area (Å²) in [6.07, 6.45) is 0.231. The molecule has 180 valence electrons. The van der Waals surface area contributed by atoms with Crippen molar-refractivity contribution < 1.29 is 18.7 Å². The van der Waals surface area contributed by atoms with Crippen molar-refractivity contribution in [3.05, 3.63) is 47.3 Å². The number of hydrogen-bond donors (Lipinski definition) is 2. The Labute approximate surface area is 197 Å². The van der Waals surface area contributed by atoms with Gasteiger partial charge in [0, 0.05) is 44.0 Å². The largest absolute Gasteiger partial charge is 0.493 e. The lowest BCUT2D eigenvalue weighted by Crippen LogP contribution is -2.49. The zero-order chi connectivity index (χ0) is 24.4. The van der Waals surface area contributed by atoms with E-state index in [2.05, 4.69) is 9.97 Å². The molecule has 1 atom stereocenters. The van der Waals surface area contributed by atoms with Crippen LogP contribution in [0.1, 0.15) is 23.6 Å². The molecule has 0 unspecified atom stereocenters. The van der Waals surface area contributed by atoms with Gasteiger partial charge in [0.2, 0.25) is 11.9 Å². The summed E-state index contributed by atoms with van der Waals surface area (Å²) in [4.78, 5) is 25.2. The van der Waals surface area contributed by atoms with E-state index >= 15 is 4.39 Å². The van der Waals surface area contributed by atoms with Crippen LogP contribution >= 0.6 is 0 Å². The molecule has 0 radical (unpaired) electrons. The van der Waals surface area contributed by atoms with Crippen LogP contribution in [0.2, 0.25) is 0 Å². The highest BCUT2D eigenvalue weighted by molar-refractivity contribution is 5.92. The molecule has 0 bridgehead atoms. The molecule has 4 rings (SSSR count). The molecule has 0 aliphatic carbocycles. The third kappa shape index (κ3) is 4.54. The fourth-order valence-corrected chi connectivity index (χ4v) is 4.08. The lowest BCUT2D eigenvalue weighted by atomic mass is 10.0. The van der Waals surface area contributed by atoms with E-state index in [0.29, 0.717) is 37.5 Å². The van der Waals surface area contributed by atoms with Crippen LogP contribution in [0.4, 0.5) is 16.2 Å². The van der Waals surface area contributed by atoms with Crippen LogP contribution in [0, 0.1) is 12.7 Å². The molecule has 1 saturated heterocycles. The van der Waals surface area contributed by atoms with E-state index in [1.54, 1.807) is 11.0 Å². The molecule has 1 fully saturated rings. The number of benzene rings is 2. The molecule has 1 amide bonds. The first-order valence-electron chi connectivity index (χ1n) is 11.0. The minimum Gasteiger partial charge on any atom is -0.493 e. The average Bonchev–Trinajstić information content (AvgIpc) is 2.84. The molecule has 1 aliphatic rings. The molecule has 2 aromatic carbocycles. The highest BCUT2D eigenvalue weighted by Gasteiger charge is 2.26. The molecule has 0 saturated carbocycles. The number of nitrogen functional groups attached to an aromatic ring is 1. The third-order valence-electron chi connectivity index (χ3n) is 6.11. The lowest BCUT2D eigenvalue weighted by molar-refractivity contribution is -0.131. The Hall–Kier alpha value is -3.66. The van der Waals surface area contributed by atoms with Gasteiger partial charge in [-0.15, -0.1) is 0 Å². The molecule has 2 heterocycles. The minimum absolute atomic E-state index is 0.00505. The maximum Gasteiger partial charge on any atom is 0.228 e. The summed E-state index contributed by atoms with van der Waals surface area (Å²) in [5.74, 6) is -0.0476. The quantitative estimate of drug-likeness (QED) is 0.566. The van der Waals surface area contributed by atoms with Gasteiger partial charge in [-0.3, -0.25) is 4.79 Å². The Morgan fingerprint density at radius 2 is 1.79 bits per heavy atom. The van der Waals surface area contributed by atoms with E-state index in [0.717, 1.165) is 11.1 Å². The summed E-state index contributed by atoms with van der Waals surface area (Å²) in [6, 6.07) is 9.09. The standard InChI is InChI=1S/C24H29FN6O3/c1-14-4-6-15(7-5-14)17(26)13-19(32)30-8-10-31(11-9-30)24-28-21-16(23(27)29-24)12-18(33-2)22(34-3)20(21)25/h4-7,12,17H,8-11,13,26H2,1-3H3,(H2,27,28,29)/t17-/m1/s1. The summed E-state index contributed by atoms with van der Waals surface area (Å²) in [5.41, 5.74) is 14.5. The van der Waals surface area contributed by atoms with E-state index < -0.39 is 5.82 Å². The van der Waals surface area contributed by atoms with Crippen molar-refractivity contribution in [3.63, 3.8) is 0 Å². The summed E-state index contributed by atoms with van der Waals surface area (Å²) < 4.78 is 25.4. The second-order valence-electron chi connectivity index (χ2n) is 8.32. The number of amides is 1. The van der Waals surface area contributed by atoms with Gasteiger partial charge in [-0.05, 0) is 18.6 Å². The molecule has 1 aromatic heterocycles. The molecular weight excluding hydrogens is 439 g/mol. The van der Waals surface area contributed by atoms with Crippen molar-refractivity contribution in [3.8, 4) is 11.5 Å². The van der Waals surface area contributed by atoms with Crippen molar-refractivity contribution in [2.24, 2.45) is 5.73 Å². The summed E-state index contributed by atoms with van der Waals surface area (Å²) in [6.45, 7) is 3.95. The summed E-state index contributed by atoms with van der Waals surface area (Å²) in [7, 11) is 2.78. The maximum absolute atomic E-state index is 15.1. The van der Waals surface area contributed by atoms with Gasteiger partial charge in [0.25, 0.3) is 0 Å².